The number of hydrogen-bond acceptors (Lipinski definition) is 4. The van der Waals surface area contributed by atoms with E-state index in [1.54, 1.807) is 0 Å². The van der Waals surface area contributed by atoms with E-state index in [1.165, 1.54) is 20.7 Å². The van der Waals surface area contributed by atoms with Crippen molar-refractivity contribution in [2.45, 2.75) is 0 Å². The lowest BCUT2D eigenvalue weighted by Gasteiger charge is -2.34. The Hall–Kier alpha value is -8.97. The molecule has 3 heterocycles. The Balaban J connectivity index is 1.07. The molecule has 0 atom stereocenters. The third kappa shape index (κ3) is 6.64. The minimum absolute atomic E-state index is 0.543. The van der Waals surface area contributed by atoms with Crippen LogP contribution in [0.25, 0.3) is 94.7 Å². The number of furan rings is 1. The van der Waals surface area contributed by atoms with Gasteiger partial charge in [0.2, 0.25) is 5.95 Å². The topological polar surface area (TPSA) is 56.7 Å². The van der Waals surface area contributed by atoms with Crippen molar-refractivity contribution in [3.63, 3.8) is 0 Å². The predicted molar refractivity (Wildman–Crippen MR) is 287 cm³/mol. The van der Waals surface area contributed by atoms with Crippen molar-refractivity contribution in [1.29, 1.82) is 0 Å². The van der Waals surface area contributed by atoms with Gasteiger partial charge < -0.3 is 4.42 Å². The molecule has 0 fully saturated rings. The first kappa shape index (κ1) is 40.3. The second-order valence-electron chi connectivity index (χ2n) is 17.5. The van der Waals surface area contributed by atoms with E-state index in [4.69, 9.17) is 19.4 Å². The molecule has 0 spiro atoms. The summed E-state index contributed by atoms with van der Waals surface area (Å²) >= 11 is 0. The Morgan fingerprint density at radius 2 is 0.797 bits per heavy atom. The molecule has 0 radical (unpaired) electrons. The maximum atomic E-state index is 6.41. The van der Waals surface area contributed by atoms with Crippen LogP contribution in [0.2, 0.25) is 0 Å². The number of hydrogen-bond donors (Lipinski definition) is 0. The van der Waals surface area contributed by atoms with Gasteiger partial charge in [0.1, 0.15) is 11.2 Å². The van der Waals surface area contributed by atoms with Crippen LogP contribution in [0.5, 0.6) is 0 Å². The fraction of sp³-hybridized carbons (Fsp3) is 0. The van der Waals surface area contributed by atoms with E-state index < -0.39 is 8.07 Å². The highest BCUT2D eigenvalue weighted by atomic mass is 28.3. The summed E-state index contributed by atoms with van der Waals surface area (Å²) < 4.78 is 8.66. The Kier molecular flexibility index (Phi) is 9.77. The highest BCUT2D eigenvalue weighted by Crippen LogP contribution is 2.44. The molecule has 0 aliphatic carbocycles. The normalized spacial score (nSPS) is 11.8. The largest absolute Gasteiger partial charge is 0.456 e. The predicted octanol–water partition coefficient (Wildman–Crippen LogP) is 12.9. The van der Waals surface area contributed by atoms with Crippen molar-refractivity contribution in [1.82, 2.24) is 19.5 Å². The first-order chi connectivity index (χ1) is 34.2. The van der Waals surface area contributed by atoms with Gasteiger partial charge in [-0.05, 0) is 55.6 Å². The van der Waals surface area contributed by atoms with Gasteiger partial charge in [0.05, 0.1) is 11.0 Å². The molecular formula is C63H42N4OSi. The number of aromatic nitrogens is 4. The molecule has 10 aromatic carbocycles. The van der Waals surface area contributed by atoms with Gasteiger partial charge in [-0.2, -0.15) is 9.97 Å². The molecule has 13 rings (SSSR count). The van der Waals surface area contributed by atoms with Crippen LogP contribution in [0.3, 0.4) is 0 Å². The second-order valence-corrected chi connectivity index (χ2v) is 21.3. The minimum Gasteiger partial charge on any atom is -0.456 e. The van der Waals surface area contributed by atoms with E-state index in [9.17, 15) is 0 Å². The average molecular weight is 899 g/mol. The molecule has 0 aliphatic heterocycles. The van der Waals surface area contributed by atoms with Crippen molar-refractivity contribution in [2.75, 3.05) is 0 Å². The monoisotopic (exact) mass is 898 g/mol. The van der Waals surface area contributed by atoms with Gasteiger partial charge in [0, 0.05) is 38.2 Å². The van der Waals surface area contributed by atoms with Crippen molar-refractivity contribution >= 4 is 72.6 Å². The summed E-state index contributed by atoms with van der Waals surface area (Å²) in [7, 11) is -2.87. The van der Waals surface area contributed by atoms with Gasteiger partial charge in [0.25, 0.3) is 0 Å². The fourth-order valence-corrected chi connectivity index (χ4v) is 15.5. The van der Waals surface area contributed by atoms with Crippen LogP contribution in [0.4, 0.5) is 0 Å². The summed E-state index contributed by atoms with van der Waals surface area (Å²) in [5.74, 6) is 1.74. The number of para-hydroxylation sites is 3. The highest BCUT2D eigenvalue weighted by Gasteiger charge is 2.41. The zero-order valence-corrected chi connectivity index (χ0v) is 38.4. The molecule has 0 aliphatic rings. The van der Waals surface area contributed by atoms with Crippen molar-refractivity contribution < 1.29 is 4.42 Å². The summed E-state index contributed by atoms with van der Waals surface area (Å²) in [6.07, 6.45) is 0. The minimum atomic E-state index is -2.87. The van der Waals surface area contributed by atoms with Gasteiger partial charge >= 0.3 is 0 Å². The highest BCUT2D eigenvalue weighted by molar-refractivity contribution is 7.19. The first-order valence-corrected chi connectivity index (χ1v) is 25.4. The van der Waals surface area contributed by atoms with Crippen LogP contribution in [-0.2, 0) is 0 Å². The molecule has 0 N–H and O–H groups in total. The van der Waals surface area contributed by atoms with E-state index in [-0.39, 0.29) is 0 Å². The summed E-state index contributed by atoms with van der Waals surface area (Å²) in [6.45, 7) is 0. The van der Waals surface area contributed by atoms with Gasteiger partial charge in [-0.25, -0.2) is 4.98 Å². The number of benzene rings is 10. The van der Waals surface area contributed by atoms with Crippen LogP contribution in [0, 0.1) is 0 Å². The summed E-state index contributed by atoms with van der Waals surface area (Å²) in [6, 6.07) is 90.8. The third-order valence-electron chi connectivity index (χ3n) is 13.6. The van der Waals surface area contributed by atoms with Crippen LogP contribution in [0.15, 0.2) is 259 Å². The molecule has 5 nitrogen and oxygen atoms in total. The maximum Gasteiger partial charge on any atom is 0.238 e. The molecule has 324 valence electrons. The Labute approximate surface area is 400 Å². The lowest BCUT2D eigenvalue weighted by molar-refractivity contribution is 0.669. The zero-order valence-electron chi connectivity index (χ0n) is 37.4. The summed E-state index contributed by atoms with van der Waals surface area (Å²) in [5.41, 5.74) is 9.98. The van der Waals surface area contributed by atoms with E-state index in [1.807, 2.05) is 30.3 Å². The number of rotatable bonds is 9. The Morgan fingerprint density at radius 3 is 1.49 bits per heavy atom. The molecule has 69 heavy (non-hydrogen) atoms. The quantitative estimate of drug-likeness (QED) is 0.107. The lowest BCUT2D eigenvalue weighted by Crippen LogP contribution is -2.74. The zero-order chi connectivity index (χ0) is 45.7. The second kappa shape index (κ2) is 16.7. The summed E-state index contributed by atoms with van der Waals surface area (Å²) in [5, 5.41) is 9.57. The molecule has 0 unspecified atom stereocenters. The first-order valence-electron chi connectivity index (χ1n) is 23.4. The Bertz CT molecular complexity index is 3920. The molecule has 0 saturated heterocycles. The smallest absolute Gasteiger partial charge is 0.238 e. The lowest BCUT2D eigenvalue weighted by atomic mass is 9.91. The molecule has 6 heteroatoms. The van der Waals surface area contributed by atoms with E-state index >= 15 is 0 Å². The average Bonchev–Trinajstić information content (AvgIpc) is 3.99. The van der Waals surface area contributed by atoms with Crippen molar-refractivity contribution in [3.8, 4) is 51.0 Å². The number of nitrogens with zero attached hydrogens (tertiary/aromatic N) is 4. The van der Waals surface area contributed by atoms with E-state index in [2.05, 4.69) is 229 Å². The third-order valence-corrected chi connectivity index (χ3v) is 18.4. The molecule has 0 saturated carbocycles. The Morgan fingerprint density at radius 1 is 0.333 bits per heavy atom. The molecule has 0 amide bonds. The van der Waals surface area contributed by atoms with Crippen LogP contribution >= 0.6 is 0 Å². The van der Waals surface area contributed by atoms with Crippen LogP contribution < -0.4 is 20.7 Å². The van der Waals surface area contributed by atoms with Crippen LogP contribution in [-0.4, -0.2) is 27.6 Å². The SMILES string of the molecule is c1ccc(-c2nc(-c3cccc([Si](c4ccccc4)(c4ccccc4)c4ccccc4)c3)nc(-n3c4ccccc4c4cccc(-c5ccccc5-c5cccc6oc7ccccc7c56)c43)n2)cc1. The van der Waals surface area contributed by atoms with Gasteiger partial charge in [0.15, 0.2) is 19.7 Å². The molecule has 3 aromatic heterocycles. The standard InChI is InChI=1S/C63H42N4OSi/c1-5-22-43(23-6-1)61-64-62(44-24-19-31-48(42-44)69(45-25-7-2-8-26-45,46-27-9-3-10-28-46)47-29-11-4-12-30-47)66-63(65-61)67-56-39-17-15-34-51(56)54-38-20-37-53(60(54)67)50-33-14-13-32-49(50)52-36-21-41-58-59(52)55-35-16-18-40-57(55)68-58/h1-42H. The molecular weight excluding hydrogens is 857 g/mol. The van der Waals surface area contributed by atoms with Crippen molar-refractivity contribution in [2.24, 2.45) is 0 Å². The molecule has 13 aromatic rings. The van der Waals surface area contributed by atoms with Gasteiger partial charge in [-0.3, -0.25) is 4.57 Å². The number of fused-ring (bicyclic) bond motifs is 6. The van der Waals surface area contributed by atoms with E-state index in [0.29, 0.717) is 17.6 Å². The molecule has 0 bridgehead atoms. The van der Waals surface area contributed by atoms with Crippen molar-refractivity contribution in [3.05, 3.63) is 255 Å². The fourth-order valence-electron chi connectivity index (χ4n) is 10.7. The van der Waals surface area contributed by atoms with Gasteiger partial charge in [-0.15, -0.1) is 0 Å². The van der Waals surface area contributed by atoms with Gasteiger partial charge in [-0.1, -0.05) is 237 Å². The van der Waals surface area contributed by atoms with E-state index in [0.717, 1.165) is 77.1 Å². The van der Waals surface area contributed by atoms with Crippen LogP contribution in [0.1, 0.15) is 0 Å². The summed E-state index contributed by atoms with van der Waals surface area (Å²) in [4.78, 5) is 16.3. The maximum absolute atomic E-state index is 6.41.